The molecule has 1 aromatic carbocycles. The highest BCUT2D eigenvalue weighted by atomic mass is 16.5. The molecule has 0 aliphatic carbocycles. The summed E-state index contributed by atoms with van der Waals surface area (Å²) in [6.45, 7) is 0. The summed E-state index contributed by atoms with van der Waals surface area (Å²) in [5, 5.41) is 25.9. The van der Waals surface area contributed by atoms with Crippen LogP contribution in [-0.4, -0.2) is 27.5 Å². The van der Waals surface area contributed by atoms with E-state index >= 15 is 0 Å². The van der Waals surface area contributed by atoms with Gasteiger partial charge < -0.3 is 5.11 Å². The van der Waals surface area contributed by atoms with E-state index in [9.17, 15) is 10.0 Å². The Morgan fingerprint density at radius 1 is 1.31 bits per heavy atom. The van der Waals surface area contributed by atoms with Crippen LogP contribution in [0.3, 0.4) is 0 Å². The summed E-state index contributed by atoms with van der Waals surface area (Å²) in [4.78, 5) is 10.6. The largest absolute Gasteiger partial charge is 0.478 e. The number of carboxylic acid groups (broad SMARTS) is 1. The number of hydrogen-bond acceptors (Lipinski definition) is 5. The zero-order valence-corrected chi connectivity index (χ0v) is 8.19. The molecule has 16 heavy (non-hydrogen) atoms. The topological polar surface area (TPSA) is 85.5 Å². The van der Waals surface area contributed by atoms with Crippen LogP contribution >= 0.6 is 0 Å². The Labute approximate surface area is 91.1 Å². The number of azo groups is 1. The minimum absolute atomic E-state index is 0.417. The Balaban J connectivity index is 2.26. The Bertz CT molecular complexity index is 456. The Hall–Kier alpha value is -2.21. The Morgan fingerprint density at radius 3 is 2.56 bits per heavy atom. The van der Waals surface area contributed by atoms with Crippen molar-refractivity contribution in [2.24, 2.45) is 10.2 Å². The van der Waals surface area contributed by atoms with Crippen molar-refractivity contribution in [2.75, 3.05) is 0 Å². The van der Waals surface area contributed by atoms with Gasteiger partial charge in [0.05, 0.1) is 6.20 Å². The van der Waals surface area contributed by atoms with Crippen LogP contribution in [0.2, 0.25) is 0 Å². The van der Waals surface area contributed by atoms with Crippen LogP contribution in [0.25, 0.3) is 5.70 Å². The van der Waals surface area contributed by atoms with Crippen LogP contribution in [0.5, 0.6) is 0 Å². The van der Waals surface area contributed by atoms with E-state index in [0.717, 1.165) is 5.56 Å². The average Bonchev–Trinajstić information content (AvgIpc) is 2.29. The van der Waals surface area contributed by atoms with Crippen LogP contribution in [0.1, 0.15) is 5.56 Å². The first-order valence-electron chi connectivity index (χ1n) is 4.56. The van der Waals surface area contributed by atoms with E-state index in [0.29, 0.717) is 10.8 Å². The molecule has 2 N–H and O–H groups in total. The molecule has 6 heteroatoms. The van der Waals surface area contributed by atoms with Gasteiger partial charge in [-0.05, 0) is 0 Å². The highest BCUT2D eigenvalue weighted by molar-refractivity contribution is 5.74. The standard InChI is InChI=1S/C10H9N3O3/c14-10(15)9-12-11-8(6-13(9)16)7-4-2-1-3-5-7/h1-6,9,16H,(H,14,15). The normalized spacial score (nSPS) is 19.4. The molecule has 1 aliphatic heterocycles. The first kappa shape index (κ1) is 10.3. The number of hydrogen-bond donors (Lipinski definition) is 2. The molecule has 2 rings (SSSR count). The van der Waals surface area contributed by atoms with Gasteiger partial charge in [-0.2, -0.15) is 5.11 Å². The maximum absolute atomic E-state index is 10.6. The SMILES string of the molecule is O=C(O)C1N=NC(c2ccccc2)=CN1O. The lowest BCUT2D eigenvalue weighted by atomic mass is 10.2. The summed E-state index contributed by atoms with van der Waals surface area (Å²) in [6, 6.07) is 9.06. The van der Waals surface area contributed by atoms with Gasteiger partial charge in [0.1, 0.15) is 5.70 Å². The Morgan fingerprint density at radius 2 is 2.00 bits per heavy atom. The van der Waals surface area contributed by atoms with Gasteiger partial charge in [-0.3, -0.25) is 5.21 Å². The van der Waals surface area contributed by atoms with E-state index < -0.39 is 12.1 Å². The van der Waals surface area contributed by atoms with Gasteiger partial charge in [0, 0.05) is 5.56 Å². The minimum Gasteiger partial charge on any atom is -0.478 e. The van der Waals surface area contributed by atoms with E-state index in [1.54, 1.807) is 12.1 Å². The lowest BCUT2D eigenvalue weighted by Crippen LogP contribution is -2.35. The quantitative estimate of drug-likeness (QED) is 0.790. The number of rotatable bonds is 2. The fraction of sp³-hybridized carbons (Fsp3) is 0.100. The summed E-state index contributed by atoms with van der Waals surface area (Å²) in [7, 11) is 0. The third-order valence-corrected chi connectivity index (χ3v) is 2.07. The average molecular weight is 219 g/mol. The first-order valence-corrected chi connectivity index (χ1v) is 4.56. The molecule has 0 spiro atoms. The number of carboxylic acids is 1. The van der Waals surface area contributed by atoms with Crippen molar-refractivity contribution in [3.8, 4) is 0 Å². The molecule has 0 saturated carbocycles. The predicted octanol–water partition coefficient (Wildman–Crippen LogP) is 1.55. The molecule has 1 unspecified atom stereocenters. The molecule has 1 aliphatic rings. The highest BCUT2D eigenvalue weighted by Gasteiger charge is 2.25. The lowest BCUT2D eigenvalue weighted by Gasteiger charge is -2.20. The smallest absolute Gasteiger partial charge is 0.353 e. The molecule has 0 bridgehead atoms. The van der Waals surface area contributed by atoms with E-state index in [-0.39, 0.29) is 0 Å². The fourth-order valence-corrected chi connectivity index (χ4v) is 1.30. The Kier molecular flexibility index (Phi) is 2.65. The first-order chi connectivity index (χ1) is 7.68. The van der Waals surface area contributed by atoms with Crippen molar-refractivity contribution in [1.29, 1.82) is 0 Å². The number of benzene rings is 1. The molecule has 0 fully saturated rings. The van der Waals surface area contributed by atoms with Gasteiger partial charge in [-0.1, -0.05) is 30.3 Å². The zero-order valence-electron chi connectivity index (χ0n) is 8.19. The number of hydroxylamine groups is 2. The van der Waals surface area contributed by atoms with Crippen LogP contribution in [-0.2, 0) is 4.79 Å². The molecular formula is C10H9N3O3. The maximum atomic E-state index is 10.6. The lowest BCUT2D eigenvalue weighted by molar-refractivity contribution is -0.157. The molecule has 0 aromatic heterocycles. The molecule has 82 valence electrons. The summed E-state index contributed by atoms with van der Waals surface area (Å²) in [6.07, 6.45) is -0.131. The van der Waals surface area contributed by atoms with Crippen molar-refractivity contribution >= 4 is 11.7 Å². The van der Waals surface area contributed by atoms with Crippen molar-refractivity contribution in [3.05, 3.63) is 42.1 Å². The molecular weight excluding hydrogens is 210 g/mol. The van der Waals surface area contributed by atoms with E-state index in [2.05, 4.69) is 10.2 Å². The van der Waals surface area contributed by atoms with E-state index in [1.807, 2.05) is 18.2 Å². The third kappa shape index (κ3) is 1.91. The van der Waals surface area contributed by atoms with Gasteiger partial charge in [-0.15, -0.1) is 5.11 Å². The summed E-state index contributed by atoms with van der Waals surface area (Å²) in [5.74, 6) is -1.25. The van der Waals surface area contributed by atoms with Crippen molar-refractivity contribution in [2.45, 2.75) is 6.17 Å². The number of nitrogens with zero attached hydrogens (tertiary/aromatic N) is 3. The van der Waals surface area contributed by atoms with Gasteiger partial charge in [-0.25, -0.2) is 9.86 Å². The van der Waals surface area contributed by atoms with Gasteiger partial charge >= 0.3 is 5.97 Å². The maximum Gasteiger partial charge on any atom is 0.353 e. The minimum atomic E-state index is -1.37. The molecule has 0 radical (unpaired) electrons. The second kappa shape index (κ2) is 4.11. The summed E-state index contributed by atoms with van der Waals surface area (Å²) in [5.41, 5.74) is 1.18. The fourth-order valence-electron chi connectivity index (χ4n) is 1.30. The summed E-state index contributed by atoms with van der Waals surface area (Å²) < 4.78 is 0. The second-order valence-electron chi connectivity index (χ2n) is 3.19. The molecule has 1 heterocycles. The van der Waals surface area contributed by atoms with Crippen molar-refractivity contribution in [3.63, 3.8) is 0 Å². The van der Waals surface area contributed by atoms with Gasteiger partial charge in [0.25, 0.3) is 6.17 Å². The molecule has 6 nitrogen and oxygen atoms in total. The molecule has 1 atom stereocenters. The van der Waals surface area contributed by atoms with Crippen LogP contribution in [0.15, 0.2) is 46.8 Å². The van der Waals surface area contributed by atoms with Crippen molar-refractivity contribution in [1.82, 2.24) is 5.06 Å². The molecule has 0 saturated heterocycles. The van der Waals surface area contributed by atoms with Gasteiger partial charge in [0.2, 0.25) is 0 Å². The van der Waals surface area contributed by atoms with Crippen LogP contribution < -0.4 is 0 Å². The van der Waals surface area contributed by atoms with E-state index in [1.165, 1.54) is 6.20 Å². The number of aliphatic carboxylic acids is 1. The second-order valence-corrected chi connectivity index (χ2v) is 3.19. The van der Waals surface area contributed by atoms with Crippen LogP contribution in [0, 0.1) is 0 Å². The zero-order chi connectivity index (χ0) is 11.5. The van der Waals surface area contributed by atoms with Crippen LogP contribution in [0.4, 0.5) is 0 Å². The monoisotopic (exact) mass is 219 g/mol. The number of carbonyl (C=O) groups is 1. The highest BCUT2D eigenvalue weighted by Crippen LogP contribution is 2.21. The predicted molar refractivity (Wildman–Crippen MR) is 54.3 cm³/mol. The van der Waals surface area contributed by atoms with Crippen molar-refractivity contribution < 1.29 is 15.1 Å². The summed E-state index contributed by atoms with van der Waals surface area (Å²) >= 11 is 0. The molecule has 1 aromatic rings. The van der Waals surface area contributed by atoms with Gasteiger partial charge in [0.15, 0.2) is 0 Å². The van der Waals surface area contributed by atoms with E-state index in [4.69, 9.17) is 5.11 Å². The molecule has 0 amide bonds. The third-order valence-electron chi connectivity index (χ3n) is 2.07.